The summed E-state index contributed by atoms with van der Waals surface area (Å²) in [5.74, 6) is 0.525. The van der Waals surface area contributed by atoms with Crippen LogP contribution in [-0.2, 0) is 6.42 Å². The highest BCUT2D eigenvalue weighted by molar-refractivity contribution is 5.85. The Bertz CT molecular complexity index is 537. The maximum atomic E-state index is 10.6. The molecule has 0 aliphatic rings. The number of nitrogens with one attached hydrogen (secondary N) is 1. The Morgan fingerprint density at radius 2 is 2.28 bits per heavy atom. The standard InChI is InChI=1S/C10H11N5O3/c1-6-12-9(18-15-6)4-5-11-8-3-2-7(10(16)17)13-14-8/h2-3H,4-5H2,1H3,(H,11,14)(H,16,17). The summed E-state index contributed by atoms with van der Waals surface area (Å²) in [5, 5.41) is 22.6. The van der Waals surface area contributed by atoms with Crippen molar-refractivity contribution < 1.29 is 14.4 Å². The summed E-state index contributed by atoms with van der Waals surface area (Å²) in [6.45, 7) is 2.29. The van der Waals surface area contributed by atoms with Gasteiger partial charge in [-0.05, 0) is 19.1 Å². The molecule has 0 aromatic carbocycles. The van der Waals surface area contributed by atoms with Gasteiger partial charge in [-0.3, -0.25) is 0 Å². The average Bonchev–Trinajstić information content (AvgIpc) is 2.76. The molecule has 2 rings (SSSR count). The molecule has 0 fully saturated rings. The second-order valence-corrected chi connectivity index (χ2v) is 3.52. The molecule has 0 unspecified atom stereocenters. The summed E-state index contributed by atoms with van der Waals surface area (Å²) < 4.78 is 4.94. The van der Waals surface area contributed by atoms with Crippen molar-refractivity contribution in [3.8, 4) is 0 Å². The third kappa shape index (κ3) is 3.00. The number of carbonyl (C=O) groups is 1. The van der Waals surface area contributed by atoms with Crippen LogP contribution in [-0.4, -0.2) is 38.0 Å². The number of carboxylic acid groups (broad SMARTS) is 1. The number of nitrogens with zero attached hydrogens (tertiary/aromatic N) is 4. The van der Waals surface area contributed by atoms with E-state index in [1.165, 1.54) is 6.07 Å². The number of aromatic carboxylic acids is 1. The molecule has 2 aromatic rings. The van der Waals surface area contributed by atoms with E-state index < -0.39 is 5.97 Å². The minimum atomic E-state index is -1.10. The zero-order valence-electron chi connectivity index (χ0n) is 9.62. The first-order valence-electron chi connectivity index (χ1n) is 5.25. The Morgan fingerprint density at radius 3 is 2.83 bits per heavy atom. The summed E-state index contributed by atoms with van der Waals surface area (Å²) in [5.41, 5.74) is -0.0897. The fourth-order valence-electron chi connectivity index (χ4n) is 1.28. The highest BCUT2D eigenvalue weighted by Crippen LogP contribution is 2.03. The predicted octanol–water partition coefficient (Wildman–Crippen LogP) is 0.521. The number of rotatable bonds is 5. The predicted molar refractivity (Wildman–Crippen MR) is 60.2 cm³/mol. The molecular formula is C10H11N5O3. The van der Waals surface area contributed by atoms with Gasteiger partial charge in [0.25, 0.3) is 0 Å². The van der Waals surface area contributed by atoms with E-state index >= 15 is 0 Å². The number of anilines is 1. The van der Waals surface area contributed by atoms with Crippen molar-refractivity contribution in [2.24, 2.45) is 0 Å². The van der Waals surface area contributed by atoms with Gasteiger partial charge < -0.3 is 14.9 Å². The lowest BCUT2D eigenvalue weighted by atomic mass is 10.3. The molecule has 0 aliphatic heterocycles. The lowest BCUT2D eigenvalue weighted by Crippen LogP contribution is -2.09. The number of aromatic nitrogens is 4. The van der Waals surface area contributed by atoms with Crippen molar-refractivity contribution in [3.05, 3.63) is 29.5 Å². The Hall–Kier alpha value is -2.51. The zero-order chi connectivity index (χ0) is 13.0. The SMILES string of the molecule is Cc1noc(CCNc2ccc(C(=O)O)nn2)n1. The largest absolute Gasteiger partial charge is 0.476 e. The zero-order valence-corrected chi connectivity index (χ0v) is 9.62. The molecule has 0 radical (unpaired) electrons. The van der Waals surface area contributed by atoms with E-state index in [4.69, 9.17) is 9.63 Å². The number of aryl methyl sites for hydroxylation is 1. The molecule has 0 bridgehead atoms. The summed E-state index contributed by atoms with van der Waals surface area (Å²) in [4.78, 5) is 14.6. The molecule has 8 heteroatoms. The molecular weight excluding hydrogens is 238 g/mol. The molecule has 2 N–H and O–H groups in total. The van der Waals surface area contributed by atoms with Crippen LogP contribution >= 0.6 is 0 Å². The fraction of sp³-hybridized carbons (Fsp3) is 0.300. The Balaban J connectivity index is 1.85. The minimum absolute atomic E-state index is 0.0897. The normalized spacial score (nSPS) is 10.3. The molecule has 18 heavy (non-hydrogen) atoms. The summed E-state index contributed by atoms with van der Waals surface area (Å²) in [6, 6.07) is 2.93. The van der Waals surface area contributed by atoms with E-state index in [0.717, 1.165) is 0 Å². The number of hydrogen-bond acceptors (Lipinski definition) is 7. The maximum absolute atomic E-state index is 10.6. The molecule has 0 saturated carbocycles. The van der Waals surface area contributed by atoms with Gasteiger partial charge in [0.2, 0.25) is 5.89 Å². The third-order valence-corrected chi connectivity index (χ3v) is 2.10. The van der Waals surface area contributed by atoms with Gasteiger partial charge in [0.1, 0.15) is 5.82 Å². The van der Waals surface area contributed by atoms with Crippen molar-refractivity contribution in [1.82, 2.24) is 20.3 Å². The van der Waals surface area contributed by atoms with E-state index in [-0.39, 0.29) is 5.69 Å². The van der Waals surface area contributed by atoms with Gasteiger partial charge in [0.05, 0.1) is 0 Å². The van der Waals surface area contributed by atoms with Gasteiger partial charge in [-0.25, -0.2) is 4.79 Å². The molecule has 0 saturated heterocycles. The molecule has 0 atom stereocenters. The molecule has 0 aliphatic carbocycles. The van der Waals surface area contributed by atoms with Crippen LogP contribution in [0.5, 0.6) is 0 Å². The number of hydrogen-bond donors (Lipinski definition) is 2. The summed E-state index contributed by atoms with van der Waals surface area (Å²) >= 11 is 0. The van der Waals surface area contributed by atoms with Gasteiger partial charge in [-0.15, -0.1) is 10.2 Å². The summed E-state index contributed by atoms with van der Waals surface area (Å²) in [6.07, 6.45) is 0.559. The average molecular weight is 249 g/mol. The van der Waals surface area contributed by atoms with Gasteiger partial charge in [-0.1, -0.05) is 5.16 Å². The molecule has 8 nitrogen and oxygen atoms in total. The van der Waals surface area contributed by atoms with Gasteiger partial charge in [-0.2, -0.15) is 4.98 Å². The van der Waals surface area contributed by atoms with E-state index in [2.05, 4.69) is 25.7 Å². The Labute approximate surface area is 102 Å². The van der Waals surface area contributed by atoms with Gasteiger partial charge in [0.15, 0.2) is 11.5 Å². The highest BCUT2D eigenvalue weighted by atomic mass is 16.5. The van der Waals surface area contributed by atoms with Crippen LogP contribution in [0.4, 0.5) is 5.82 Å². The van der Waals surface area contributed by atoms with Crippen LogP contribution < -0.4 is 5.32 Å². The van der Waals surface area contributed by atoms with Crippen LogP contribution in [0, 0.1) is 6.92 Å². The molecule has 2 heterocycles. The van der Waals surface area contributed by atoms with E-state index in [1.807, 2.05) is 0 Å². The third-order valence-electron chi connectivity index (χ3n) is 2.10. The lowest BCUT2D eigenvalue weighted by molar-refractivity contribution is 0.0689. The highest BCUT2D eigenvalue weighted by Gasteiger charge is 2.05. The quantitative estimate of drug-likeness (QED) is 0.788. The lowest BCUT2D eigenvalue weighted by Gasteiger charge is -2.02. The van der Waals surface area contributed by atoms with Crippen molar-refractivity contribution in [1.29, 1.82) is 0 Å². The van der Waals surface area contributed by atoms with Crippen molar-refractivity contribution in [2.45, 2.75) is 13.3 Å². The maximum Gasteiger partial charge on any atom is 0.356 e. The van der Waals surface area contributed by atoms with Crippen molar-refractivity contribution >= 4 is 11.8 Å². The topological polar surface area (TPSA) is 114 Å². The van der Waals surface area contributed by atoms with Crippen LogP contribution in [0.2, 0.25) is 0 Å². The Morgan fingerprint density at radius 1 is 1.44 bits per heavy atom. The van der Waals surface area contributed by atoms with Gasteiger partial charge >= 0.3 is 5.97 Å². The first kappa shape index (κ1) is 12.0. The van der Waals surface area contributed by atoms with Crippen LogP contribution in [0.3, 0.4) is 0 Å². The molecule has 2 aromatic heterocycles. The van der Waals surface area contributed by atoms with E-state index in [9.17, 15) is 4.79 Å². The monoisotopic (exact) mass is 249 g/mol. The van der Waals surface area contributed by atoms with E-state index in [0.29, 0.717) is 30.5 Å². The van der Waals surface area contributed by atoms with Crippen molar-refractivity contribution in [3.63, 3.8) is 0 Å². The second kappa shape index (κ2) is 5.21. The Kier molecular flexibility index (Phi) is 3.46. The van der Waals surface area contributed by atoms with Crippen molar-refractivity contribution in [2.75, 3.05) is 11.9 Å². The van der Waals surface area contributed by atoms with Gasteiger partial charge in [0, 0.05) is 13.0 Å². The summed E-state index contributed by atoms with van der Waals surface area (Å²) in [7, 11) is 0. The van der Waals surface area contributed by atoms with Crippen LogP contribution in [0.1, 0.15) is 22.2 Å². The van der Waals surface area contributed by atoms with E-state index in [1.54, 1.807) is 13.0 Å². The first-order valence-corrected chi connectivity index (χ1v) is 5.25. The smallest absolute Gasteiger partial charge is 0.356 e. The first-order chi connectivity index (χ1) is 8.65. The second-order valence-electron chi connectivity index (χ2n) is 3.52. The fourth-order valence-corrected chi connectivity index (χ4v) is 1.28. The molecule has 94 valence electrons. The number of carboxylic acids is 1. The molecule has 0 spiro atoms. The van der Waals surface area contributed by atoms with Crippen LogP contribution in [0.15, 0.2) is 16.7 Å². The van der Waals surface area contributed by atoms with Crippen LogP contribution in [0.25, 0.3) is 0 Å². The minimum Gasteiger partial charge on any atom is -0.476 e. The molecule has 0 amide bonds.